The molecule has 1 radical (unpaired) electrons. The molecule has 28 heavy (non-hydrogen) atoms. The van der Waals surface area contributed by atoms with Crippen LogP contribution in [0.3, 0.4) is 0 Å². The van der Waals surface area contributed by atoms with Gasteiger partial charge < -0.3 is 4.98 Å². The molecule has 0 saturated heterocycles. The molecule has 4 aromatic rings. The molecule has 0 saturated carbocycles. The minimum atomic E-state index is -0.649. The third-order valence-corrected chi connectivity index (χ3v) is 3.71. The average Bonchev–Trinajstić information content (AvgIpc) is 3.02. The summed E-state index contributed by atoms with van der Waals surface area (Å²) in [6, 6.07) is 22.6. The SMILES string of the molecule is Cc1cc(C)n(-c2[c-]cccc2)n1.Fc1c[c-]c(-c2ccccn2)c(F)c1.[Ir]. The molecule has 145 valence electrons. The van der Waals surface area contributed by atoms with Gasteiger partial charge in [0.2, 0.25) is 0 Å². The van der Waals surface area contributed by atoms with Gasteiger partial charge in [-0.05, 0) is 37.4 Å². The zero-order valence-electron chi connectivity index (χ0n) is 15.3. The van der Waals surface area contributed by atoms with Gasteiger partial charge in [0.25, 0.3) is 0 Å². The number of rotatable bonds is 2. The summed E-state index contributed by atoms with van der Waals surface area (Å²) >= 11 is 0. The van der Waals surface area contributed by atoms with Gasteiger partial charge in [0, 0.05) is 43.6 Å². The number of nitrogens with zero attached hydrogens (tertiary/aromatic N) is 3. The molecule has 2 aromatic heterocycles. The average molecular weight is 554 g/mol. The van der Waals surface area contributed by atoms with Crippen molar-refractivity contribution in [2.75, 3.05) is 0 Å². The fourth-order valence-electron chi connectivity index (χ4n) is 2.54. The van der Waals surface area contributed by atoms with Gasteiger partial charge >= 0.3 is 0 Å². The van der Waals surface area contributed by atoms with E-state index in [4.69, 9.17) is 0 Å². The van der Waals surface area contributed by atoms with Crippen molar-refractivity contribution in [3.05, 3.63) is 102 Å². The summed E-state index contributed by atoms with van der Waals surface area (Å²) in [5.41, 5.74) is 3.81. The molecule has 0 bridgehead atoms. The van der Waals surface area contributed by atoms with Crippen LogP contribution in [-0.4, -0.2) is 14.8 Å². The molecule has 0 fully saturated rings. The van der Waals surface area contributed by atoms with Crippen LogP contribution in [-0.2, 0) is 20.1 Å². The van der Waals surface area contributed by atoms with Crippen LogP contribution < -0.4 is 0 Å². The van der Waals surface area contributed by atoms with Crippen LogP contribution in [0.1, 0.15) is 11.4 Å². The smallest absolute Gasteiger partial charge is 0.0600 e. The van der Waals surface area contributed by atoms with E-state index in [-0.39, 0.29) is 25.7 Å². The van der Waals surface area contributed by atoms with Gasteiger partial charge in [-0.25, -0.2) is 0 Å². The van der Waals surface area contributed by atoms with Crippen molar-refractivity contribution in [3.8, 4) is 16.9 Å². The third kappa shape index (κ3) is 5.41. The Labute approximate surface area is 176 Å². The fourth-order valence-corrected chi connectivity index (χ4v) is 2.54. The standard InChI is InChI=1S/C11H6F2N.C11H11N2.Ir/c12-8-4-5-9(10(13)7-8)11-3-1-2-6-14-11;1-9-8-10(2)13(12-9)11-6-4-3-5-7-11;/h1-4,6-7H;3-6,8H,1-2H3;/q2*-1;. The Hall–Kier alpha value is -2.69. The van der Waals surface area contributed by atoms with E-state index in [0.29, 0.717) is 5.69 Å². The van der Waals surface area contributed by atoms with Gasteiger partial charge in [-0.15, -0.1) is 18.2 Å². The van der Waals surface area contributed by atoms with Crippen LogP contribution >= 0.6 is 0 Å². The van der Waals surface area contributed by atoms with E-state index in [9.17, 15) is 8.78 Å². The van der Waals surface area contributed by atoms with Gasteiger partial charge in [0.05, 0.1) is 5.69 Å². The van der Waals surface area contributed by atoms with E-state index in [0.717, 1.165) is 29.2 Å². The van der Waals surface area contributed by atoms with Crippen molar-refractivity contribution in [2.45, 2.75) is 13.8 Å². The van der Waals surface area contributed by atoms with Crippen molar-refractivity contribution in [3.63, 3.8) is 0 Å². The predicted molar refractivity (Wildman–Crippen MR) is 100 cm³/mol. The number of pyridine rings is 1. The van der Waals surface area contributed by atoms with Gasteiger partial charge in [0.1, 0.15) is 0 Å². The van der Waals surface area contributed by atoms with Crippen LogP contribution in [0.5, 0.6) is 0 Å². The molecular weight excluding hydrogens is 536 g/mol. The van der Waals surface area contributed by atoms with E-state index in [1.165, 1.54) is 0 Å². The van der Waals surface area contributed by atoms with E-state index in [2.05, 4.69) is 28.3 Å². The summed E-state index contributed by atoms with van der Waals surface area (Å²) in [6.07, 6.45) is 1.55. The summed E-state index contributed by atoms with van der Waals surface area (Å²) < 4.78 is 27.7. The van der Waals surface area contributed by atoms with Crippen LogP contribution in [0, 0.1) is 37.6 Å². The second-order valence-corrected chi connectivity index (χ2v) is 5.84. The van der Waals surface area contributed by atoms with Crippen molar-refractivity contribution in [2.24, 2.45) is 0 Å². The monoisotopic (exact) mass is 554 g/mol. The molecule has 0 aliphatic heterocycles. The van der Waals surface area contributed by atoms with Crippen molar-refractivity contribution in [1.29, 1.82) is 0 Å². The first-order valence-electron chi connectivity index (χ1n) is 8.33. The fraction of sp³-hybridized carbons (Fsp3) is 0.0909. The Kier molecular flexibility index (Phi) is 7.73. The van der Waals surface area contributed by atoms with Crippen LogP contribution in [0.25, 0.3) is 16.9 Å². The number of para-hydroxylation sites is 1. The number of hydrogen-bond acceptors (Lipinski definition) is 2. The first kappa shape index (κ1) is 21.6. The first-order chi connectivity index (χ1) is 13.0. The maximum atomic E-state index is 13.2. The quantitative estimate of drug-likeness (QED) is 0.323. The van der Waals surface area contributed by atoms with E-state index in [1.807, 2.05) is 42.8 Å². The molecule has 2 aromatic carbocycles. The topological polar surface area (TPSA) is 30.7 Å². The van der Waals surface area contributed by atoms with E-state index in [1.54, 1.807) is 24.4 Å². The molecule has 0 N–H and O–H groups in total. The number of halogens is 2. The van der Waals surface area contributed by atoms with Gasteiger partial charge in [-0.1, -0.05) is 23.8 Å². The zero-order valence-corrected chi connectivity index (χ0v) is 17.7. The summed E-state index contributed by atoms with van der Waals surface area (Å²) in [5, 5.41) is 4.37. The molecule has 6 heteroatoms. The summed E-state index contributed by atoms with van der Waals surface area (Å²) in [7, 11) is 0. The van der Waals surface area contributed by atoms with Crippen LogP contribution in [0.4, 0.5) is 8.78 Å². The molecule has 0 aliphatic carbocycles. The van der Waals surface area contributed by atoms with Crippen molar-refractivity contribution in [1.82, 2.24) is 14.8 Å². The van der Waals surface area contributed by atoms with Crippen LogP contribution in [0.15, 0.2) is 66.9 Å². The minimum Gasteiger partial charge on any atom is -0.305 e. The molecule has 0 aliphatic rings. The molecular formula is C22H17F2IrN3-2. The van der Waals surface area contributed by atoms with Crippen LogP contribution in [0.2, 0.25) is 0 Å². The number of aromatic nitrogens is 3. The first-order valence-corrected chi connectivity index (χ1v) is 8.33. The second kappa shape index (κ2) is 10.0. The van der Waals surface area contributed by atoms with Gasteiger partial charge in [-0.2, -0.15) is 29.4 Å². The molecule has 0 atom stereocenters. The third-order valence-electron chi connectivity index (χ3n) is 3.71. The maximum absolute atomic E-state index is 13.2. The molecule has 2 heterocycles. The largest absolute Gasteiger partial charge is 0.305 e. The van der Waals surface area contributed by atoms with Gasteiger partial charge in [0.15, 0.2) is 0 Å². The molecule has 0 spiro atoms. The molecule has 0 amide bonds. The van der Waals surface area contributed by atoms with Gasteiger partial charge in [-0.3, -0.25) is 13.5 Å². The maximum Gasteiger partial charge on any atom is 0.0600 e. The second-order valence-electron chi connectivity index (χ2n) is 5.84. The molecule has 0 unspecified atom stereocenters. The molecule has 4 rings (SSSR count). The summed E-state index contributed by atoms with van der Waals surface area (Å²) in [6.45, 7) is 4.04. The predicted octanol–water partition coefficient (Wildman–Crippen LogP) is 5.11. The Balaban J connectivity index is 0.000000194. The number of hydrogen-bond donors (Lipinski definition) is 0. The Morgan fingerprint density at radius 1 is 0.964 bits per heavy atom. The summed E-state index contributed by atoms with van der Waals surface area (Å²) in [5.74, 6) is -1.29. The number of benzene rings is 2. The van der Waals surface area contributed by atoms with E-state index < -0.39 is 11.6 Å². The Morgan fingerprint density at radius 2 is 1.75 bits per heavy atom. The normalized spacial score (nSPS) is 9.86. The molecule has 3 nitrogen and oxygen atoms in total. The Morgan fingerprint density at radius 3 is 2.32 bits per heavy atom. The Bertz CT molecular complexity index is 1020. The van der Waals surface area contributed by atoms with E-state index >= 15 is 0 Å². The number of aryl methyl sites for hydroxylation is 2. The zero-order chi connectivity index (χ0) is 19.2. The summed E-state index contributed by atoms with van der Waals surface area (Å²) in [4.78, 5) is 3.95. The van der Waals surface area contributed by atoms with Crippen molar-refractivity contribution < 1.29 is 28.9 Å². The minimum absolute atomic E-state index is 0. The van der Waals surface area contributed by atoms with Crippen molar-refractivity contribution >= 4 is 0 Å².